The maximum Gasteiger partial charge on any atom is 0.257 e. The van der Waals surface area contributed by atoms with Gasteiger partial charge in [0, 0.05) is 23.7 Å². The van der Waals surface area contributed by atoms with Crippen LogP contribution in [0.2, 0.25) is 0 Å². The number of nitrogens with one attached hydrogen (secondary N) is 2. The van der Waals surface area contributed by atoms with E-state index in [1.165, 1.54) is 0 Å². The highest BCUT2D eigenvalue weighted by molar-refractivity contribution is 6.08. The fourth-order valence-corrected chi connectivity index (χ4v) is 2.35. The predicted octanol–water partition coefficient (Wildman–Crippen LogP) is 2.41. The molecule has 132 valence electrons. The van der Waals surface area contributed by atoms with Crippen molar-refractivity contribution in [3.63, 3.8) is 0 Å². The first-order chi connectivity index (χ1) is 12.1. The number of carbonyl (C=O) groups is 2. The molecule has 25 heavy (non-hydrogen) atoms. The first-order valence-electron chi connectivity index (χ1n) is 8.43. The summed E-state index contributed by atoms with van der Waals surface area (Å²) in [6.45, 7) is 5.40. The quantitative estimate of drug-likeness (QED) is 0.688. The van der Waals surface area contributed by atoms with Crippen molar-refractivity contribution in [2.45, 2.75) is 19.9 Å². The summed E-state index contributed by atoms with van der Waals surface area (Å²) in [6.07, 6.45) is 0. The molecule has 0 saturated carbocycles. The fourth-order valence-electron chi connectivity index (χ4n) is 2.35. The second-order valence-electron chi connectivity index (χ2n) is 5.77. The highest BCUT2D eigenvalue weighted by atomic mass is 16.5. The van der Waals surface area contributed by atoms with Crippen LogP contribution >= 0.6 is 0 Å². The Labute approximate surface area is 148 Å². The van der Waals surface area contributed by atoms with Crippen LogP contribution in [0.3, 0.4) is 0 Å². The first kappa shape index (κ1) is 18.7. The molecule has 2 rings (SSSR count). The van der Waals surface area contributed by atoms with Crippen LogP contribution in [0, 0.1) is 0 Å². The number of benzene rings is 2. The monoisotopic (exact) mass is 340 g/mol. The summed E-state index contributed by atoms with van der Waals surface area (Å²) in [5, 5.41) is 6.03. The summed E-state index contributed by atoms with van der Waals surface area (Å²) in [4.78, 5) is 24.1. The molecule has 0 saturated heterocycles. The Balaban J connectivity index is 1.82. The van der Waals surface area contributed by atoms with Crippen LogP contribution in [-0.2, 0) is 4.79 Å². The van der Waals surface area contributed by atoms with Crippen molar-refractivity contribution < 1.29 is 14.3 Å². The van der Waals surface area contributed by atoms with E-state index < -0.39 is 0 Å². The van der Waals surface area contributed by atoms with Crippen LogP contribution in [0.1, 0.15) is 29.8 Å². The van der Waals surface area contributed by atoms with Gasteiger partial charge in [0.1, 0.15) is 5.75 Å². The zero-order valence-electron chi connectivity index (χ0n) is 14.6. The van der Waals surface area contributed by atoms with Crippen molar-refractivity contribution in [2.75, 3.05) is 19.7 Å². The normalized spacial score (nSPS) is 11.6. The second-order valence-corrected chi connectivity index (χ2v) is 5.77. The molecule has 5 heteroatoms. The molecule has 0 unspecified atom stereocenters. The Bertz CT molecular complexity index is 684. The van der Waals surface area contributed by atoms with Crippen molar-refractivity contribution in [1.29, 1.82) is 0 Å². The number of hydrogen-bond donors (Lipinski definition) is 2. The largest absolute Gasteiger partial charge is 0.484 e. The molecule has 0 aliphatic heterocycles. The fraction of sp³-hybridized carbons (Fsp3) is 0.300. The lowest BCUT2D eigenvalue weighted by Gasteiger charge is -2.13. The van der Waals surface area contributed by atoms with Gasteiger partial charge in [0.2, 0.25) is 0 Å². The summed E-state index contributed by atoms with van der Waals surface area (Å²) < 4.78 is 5.46. The van der Waals surface area contributed by atoms with E-state index in [4.69, 9.17) is 4.74 Å². The van der Waals surface area contributed by atoms with Crippen molar-refractivity contribution >= 4 is 11.7 Å². The lowest BCUT2D eigenvalue weighted by Crippen LogP contribution is -2.40. The Morgan fingerprint density at radius 3 is 2.28 bits per heavy atom. The molecule has 0 spiro atoms. The zero-order chi connectivity index (χ0) is 18.1. The minimum absolute atomic E-state index is 0.0395. The van der Waals surface area contributed by atoms with Gasteiger partial charge in [0.15, 0.2) is 12.4 Å². The van der Waals surface area contributed by atoms with E-state index in [0.717, 1.165) is 6.54 Å². The van der Waals surface area contributed by atoms with Crippen LogP contribution in [0.4, 0.5) is 0 Å². The summed E-state index contributed by atoms with van der Waals surface area (Å²) in [6, 6.07) is 16.1. The van der Waals surface area contributed by atoms with Crippen molar-refractivity contribution in [2.24, 2.45) is 0 Å². The molecule has 2 aromatic rings. The topological polar surface area (TPSA) is 67.4 Å². The van der Waals surface area contributed by atoms with Crippen molar-refractivity contribution in [1.82, 2.24) is 10.6 Å². The van der Waals surface area contributed by atoms with Crippen LogP contribution in [0.25, 0.3) is 0 Å². The van der Waals surface area contributed by atoms with Gasteiger partial charge in [-0.3, -0.25) is 9.59 Å². The molecule has 0 fully saturated rings. The van der Waals surface area contributed by atoms with E-state index in [2.05, 4.69) is 10.6 Å². The van der Waals surface area contributed by atoms with Crippen LogP contribution < -0.4 is 15.4 Å². The molecule has 1 amide bonds. The van der Waals surface area contributed by atoms with Crippen LogP contribution in [0.5, 0.6) is 5.75 Å². The summed E-state index contributed by atoms with van der Waals surface area (Å²) in [5.74, 6) is 0.344. The van der Waals surface area contributed by atoms with Crippen molar-refractivity contribution in [3.05, 3.63) is 65.7 Å². The number of ether oxygens (including phenoxy) is 1. The van der Waals surface area contributed by atoms with Gasteiger partial charge in [-0.25, -0.2) is 0 Å². The standard InChI is InChI=1S/C20H24N2O3/c1-3-21-15(2)13-22-19(23)14-25-18-11-9-17(10-12-18)20(24)16-7-5-4-6-8-16/h4-12,15,21H,3,13-14H2,1-2H3,(H,22,23)/t15-/m1/s1. The summed E-state index contributed by atoms with van der Waals surface area (Å²) in [5.41, 5.74) is 1.23. The molecule has 1 atom stereocenters. The number of rotatable bonds is 9. The lowest BCUT2D eigenvalue weighted by atomic mass is 10.0. The smallest absolute Gasteiger partial charge is 0.257 e. The Morgan fingerprint density at radius 1 is 1.00 bits per heavy atom. The molecular formula is C20H24N2O3. The third kappa shape index (κ3) is 6.04. The molecular weight excluding hydrogens is 316 g/mol. The Hall–Kier alpha value is -2.66. The summed E-state index contributed by atoms with van der Waals surface area (Å²) in [7, 11) is 0. The average Bonchev–Trinajstić information content (AvgIpc) is 2.65. The van der Waals surface area contributed by atoms with Crippen LogP contribution in [0.15, 0.2) is 54.6 Å². The van der Waals surface area contributed by atoms with Crippen LogP contribution in [-0.4, -0.2) is 37.4 Å². The van der Waals surface area contributed by atoms with Gasteiger partial charge in [-0.1, -0.05) is 37.3 Å². The Kier molecular flexibility index (Phi) is 7.16. The maximum absolute atomic E-state index is 12.3. The van der Waals surface area contributed by atoms with Gasteiger partial charge in [0.25, 0.3) is 5.91 Å². The number of amides is 1. The van der Waals surface area contributed by atoms with Gasteiger partial charge in [-0.15, -0.1) is 0 Å². The van der Waals surface area contributed by atoms with E-state index in [9.17, 15) is 9.59 Å². The predicted molar refractivity (Wildman–Crippen MR) is 98.0 cm³/mol. The minimum atomic E-state index is -0.172. The van der Waals surface area contributed by atoms with E-state index in [1.54, 1.807) is 36.4 Å². The third-order valence-corrected chi connectivity index (χ3v) is 3.68. The average molecular weight is 340 g/mol. The van der Waals surface area contributed by atoms with E-state index in [-0.39, 0.29) is 24.3 Å². The van der Waals surface area contributed by atoms with Gasteiger partial charge in [0.05, 0.1) is 0 Å². The number of ketones is 1. The van der Waals surface area contributed by atoms with Gasteiger partial charge >= 0.3 is 0 Å². The highest BCUT2D eigenvalue weighted by Gasteiger charge is 2.09. The third-order valence-electron chi connectivity index (χ3n) is 3.68. The van der Waals surface area contributed by atoms with Crippen molar-refractivity contribution in [3.8, 4) is 5.75 Å². The molecule has 0 aromatic heterocycles. The maximum atomic E-state index is 12.3. The molecule has 0 bridgehead atoms. The minimum Gasteiger partial charge on any atom is -0.484 e. The highest BCUT2D eigenvalue weighted by Crippen LogP contribution is 2.15. The van der Waals surface area contributed by atoms with E-state index in [0.29, 0.717) is 23.4 Å². The SMILES string of the molecule is CCN[C@H](C)CNC(=O)COc1ccc(C(=O)c2ccccc2)cc1. The lowest BCUT2D eigenvalue weighted by molar-refractivity contribution is -0.123. The number of likely N-dealkylation sites (N-methyl/N-ethyl adjacent to an activating group) is 1. The molecule has 0 aliphatic carbocycles. The molecule has 2 N–H and O–H groups in total. The zero-order valence-corrected chi connectivity index (χ0v) is 14.6. The van der Waals surface area contributed by atoms with Gasteiger partial charge < -0.3 is 15.4 Å². The first-order valence-corrected chi connectivity index (χ1v) is 8.43. The molecule has 0 aliphatic rings. The van der Waals surface area contributed by atoms with Gasteiger partial charge in [-0.05, 0) is 37.7 Å². The van der Waals surface area contributed by atoms with E-state index >= 15 is 0 Å². The molecule has 5 nitrogen and oxygen atoms in total. The van der Waals surface area contributed by atoms with Gasteiger partial charge in [-0.2, -0.15) is 0 Å². The number of carbonyl (C=O) groups excluding carboxylic acids is 2. The molecule has 2 aromatic carbocycles. The molecule has 0 heterocycles. The summed E-state index contributed by atoms with van der Waals surface area (Å²) >= 11 is 0. The Morgan fingerprint density at radius 2 is 1.64 bits per heavy atom. The van der Waals surface area contributed by atoms with E-state index in [1.807, 2.05) is 32.0 Å². The molecule has 0 radical (unpaired) electrons. The second kappa shape index (κ2) is 9.59. The number of hydrogen-bond acceptors (Lipinski definition) is 4.